The highest BCUT2D eigenvalue weighted by molar-refractivity contribution is 5.82. The highest BCUT2D eigenvalue weighted by atomic mass is 16.5. The topological polar surface area (TPSA) is 9.23 Å². The van der Waals surface area contributed by atoms with E-state index in [2.05, 4.69) is 49.4 Å². The molecule has 0 spiro atoms. The number of benzene rings is 2. The second-order valence-corrected chi connectivity index (χ2v) is 4.09. The molecule has 0 unspecified atom stereocenters. The van der Waals surface area contributed by atoms with Crippen LogP contribution in [0.3, 0.4) is 0 Å². The van der Waals surface area contributed by atoms with Crippen LogP contribution in [0.25, 0.3) is 10.8 Å². The van der Waals surface area contributed by atoms with E-state index in [1.807, 2.05) is 0 Å². The van der Waals surface area contributed by atoms with Crippen LogP contribution in [0.1, 0.15) is 25.3 Å². The Kier molecular flexibility index (Phi) is 3.95. The van der Waals surface area contributed by atoms with Crippen LogP contribution >= 0.6 is 0 Å². The Hall–Kier alpha value is -1.34. The van der Waals surface area contributed by atoms with Gasteiger partial charge in [0.15, 0.2) is 0 Å². The molecule has 16 heavy (non-hydrogen) atoms. The molecule has 0 fully saturated rings. The zero-order valence-electron chi connectivity index (χ0n) is 9.78. The molecule has 0 heterocycles. The normalized spacial score (nSPS) is 10.8. The molecule has 0 atom stereocenters. The summed E-state index contributed by atoms with van der Waals surface area (Å²) in [6.07, 6.45) is 2.34. The molecule has 2 aromatic carbocycles. The van der Waals surface area contributed by atoms with Gasteiger partial charge in [0.2, 0.25) is 0 Å². The van der Waals surface area contributed by atoms with Crippen molar-refractivity contribution in [1.29, 1.82) is 0 Å². The zero-order chi connectivity index (χ0) is 11.2. The van der Waals surface area contributed by atoms with Gasteiger partial charge in [-0.15, -0.1) is 0 Å². The first kappa shape index (κ1) is 11.2. The summed E-state index contributed by atoms with van der Waals surface area (Å²) < 4.78 is 5.61. The third kappa shape index (κ3) is 2.83. The minimum Gasteiger partial charge on any atom is -0.377 e. The predicted octanol–water partition coefficient (Wildman–Crippen LogP) is 4.16. The van der Waals surface area contributed by atoms with Gasteiger partial charge in [0, 0.05) is 6.61 Å². The van der Waals surface area contributed by atoms with Gasteiger partial charge in [-0.1, -0.05) is 49.7 Å². The maximum atomic E-state index is 5.61. The van der Waals surface area contributed by atoms with E-state index in [4.69, 9.17) is 4.74 Å². The predicted molar refractivity (Wildman–Crippen MR) is 68.5 cm³/mol. The minimum absolute atomic E-state index is 0.727. The van der Waals surface area contributed by atoms with Crippen LogP contribution in [0.2, 0.25) is 0 Å². The van der Waals surface area contributed by atoms with E-state index in [1.54, 1.807) is 0 Å². The Bertz CT molecular complexity index is 448. The van der Waals surface area contributed by atoms with E-state index < -0.39 is 0 Å². The molecule has 1 heteroatoms. The van der Waals surface area contributed by atoms with Crippen molar-refractivity contribution in [3.8, 4) is 0 Å². The molecule has 0 amide bonds. The number of ether oxygens (including phenoxy) is 1. The third-order valence-corrected chi connectivity index (χ3v) is 2.72. The molecule has 0 saturated carbocycles. The number of hydrogen-bond donors (Lipinski definition) is 0. The monoisotopic (exact) mass is 214 g/mol. The summed E-state index contributed by atoms with van der Waals surface area (Å²) in [6.45, 7) is 3.77. The van der Waals surface area contributed by atoms with Crippen molar-refractivity contribution in [2.75, 3.05) is 6.61 Å². The molecule has 0 N–H and O–H groups in total. The Morgan fingerprint density at radius 3 is 2.62 bits per heavy atom. The van der Waals surface area contributed by atoms with Gasteiger partial charge in [0.25, 0.3) is 0 Å². The van der Waals surface area contributed by atoms with Gasteiger partial charge in [-0.25, -0.2) is 0 Å². The molecule has 0 aliphatic carbocycles. The molecule has 84 valence electrons. The minimum atomic E-state index is 0.727. The van der Waals surface area contributed by atoms with Crippen molar-refractivity contribution >= 4 is 10.8 Å². The van der Waals surface area contributed by atoms with Gasteiger partial charge in [0.05, 0.1) is 6.61 Å². The molecule has 0 saturated heterocycles. The summed E-state index contributed by atoms with van der Waals surface area (Å²) in [4.78, 5) is 0. The van der Waals surface area contributed by atoms with Gasteiger partial charge in [0.1, 0.15) is 0 Å². The van der Waals surface area contributed by atoms with Gasteiger partial charge >= 0.3 is 0 Å². The van der Waals surface area contributed by atoms with Crippen molar-refractivity contribution in [3.63, 3.8) is 0 Å². The average molecular weight is 214 g/mol. The van der Waals surface area contributed by atoms with Crippen LogP contribution in [-0.2, 0) is 11.3 Å². The highest BCUT2D eigenvalue weighted by Crippen LogP contribution is 2.16. The number of unbranched alkanes of at least 4 members (excludes halogenated alkanes) is 1. The Morgan fingerprint density at radius 2 is 1.81 bits per heavy atom. The van der Waals surface area contributed by atoms with E-state index >= 15 is 0 Å². The molecule has 0 bridgehead atoms. The Morgan fingerprint density at radius 1 is 1.00 bits per heavy atom. The van der Waals surface area contributed by atoms with E-state index in [0.717, 1.165) is 19.6 Å². The fourth-order valence-corrected chi connectivity index (χ4v) is 1.76. The first-order chi connectivity index (χ1) is 7.90. The quantitative estimate of drug-likeness (QED) is 0.679. The van der Waals surface area contributed by atoms with Crippen molar-refractivity contribution in [2.45, 2.75) is 26.4 Å². The Balaban J connectivity index is 2.02. The zero-order valence-corrected chi connectivity index (χ0v) is 9.78. The fourth-order valence-electron chi connectivity index (χ4n) is 1.76. The Labute approximate surface area is 97.1 Å². The lowest BCUT2D eigenvalue weighted by Crippen LogP contribution is -1.94. The SMILES string of the molecule is CCCCOCc1ccc2ccccc2c1. The lowest BCUT2D eigenvalue weighted by Gasteiger charge is -2.05. The molecule has 2 rings (SSSR count). The standard InChI is InChI=1S/C15H18O/c1-2-3-10-16-12-13-8-9-14-6-4-5-7-15(14)11-13/h4-9,11H,2-3,10,12H2,1H3. The summed E-state index contributed by atoms with van der Waals surface area (Å²) in [5.41, 5.74) is 1.26. The first-order valence-corrected chi connectivity index (χ1v) is 5.95. The van der Waals surface area contributed by atoms with E-state index in [9.17, 15) is 0 Å². The average Bonchev–Trinajstić information content (AvgIpc) is 2.34. The van der Waals surface area contributed by atoms with E-state index in [0.29, 0.717) is 0 Å². The summed E-state index contributed by atoms with van der Waals surface area (Å²) in [7, 11) is 0. The van der Waals surface area contributed by atoms with Crippen LogP contribution in [0, 0.1) is 0 Å². The number of fused-ring (bicyclic) bond motifs is 1. The smallest absolute Gasteiger partial charge is 0.0717 e. The molecule has 0 aliphatic rings. The van der Waals surface area contributed by atoms with Crippen LogP contribution < -0.4 is 0 Å². The maximum absolute atomic E-state index is 5.61. The molecule has 2 aromatic rings. The maximum Gasteiger partial charge on any atom is 0.0717 e. The van der Waals surface area contributed by atoms with Crippen LogP contribution in [-0.4, -0.2) is 6.61 Å². The van der Waals surface area contributed by atoms with Gasteiger partial charge in [-0.05, 0) is 28.8 Å². The second-order valence-electron chi connectivity index (χ2n) is 4.09. The largest absolute Gasteiger partial charge is 0.377 e. The van der Waals surface area contributed by atoms with Gasteiger partial charge < -0.3 is 4.74 Å². The molecule has 1 nitrogen and oxygen atoms in total. The summed E-state index contributed by atoms with van der Waals surface area (Å²) in [5.74, 6) is 0. The second kappa shape index (κ2) is 5.66. The lowest BCUT2D eigenvalue weighted by atomic mass is 10.1. The fraction of sp³-hybridized carbons (Fsp3) is 0.333. The molecular weight excluding hydrogens is 196 g/mol. The van der Waals surface area contributed by atoms with Crippen molar-refractivity contribution < 1.29 is 4.74 Å². The molecule has 0 radical (unpaired) electrons. The van der Waals surface area contributed by atoms with Crippen molar-refractivity contribution in [1.82, 2.24) is 0 Å². The van der Waals surface area contributed by atoms with Crippen LogP contribution in [0.4, 0.5) is 0 Å². The van der Waals surface area contributed by atoms with E-state index in [1.165, 1.54) is 22.8 Å². The lowest BCUT2D eigenvalue weighted by molar-refractivity contribution is 0.118. The molecule has 0 aliphatic heterocycles. The summed E-state index contributed by atoms with van der Waals surface area (Å²) >= 11 is 0. The van der Waals surface area contributed by atoms with Gasteiger partial charge in [-0.3, -0.25) is 0 Å². The number of hydrogen-bond acceptors (Lipinski definition) is 1. The summed E-state index contributed by atoms with van der Waals surface area (Å²) in [6, 6.07) is 14.9. The summed E-state index contributed by atoms with van der Waals surface area (Å²) in [5, 5.41) is 2.58. The van der Waals surface area contributed by atoms with Crippen molar-refractivity contribution in [2.24, 2.45) is 0 Å². The van der Waals surface area contributed by atoms with Crippen molar-refractivity contribution in [3.05, 3.63) is 48.0 Å². The molecule has 0 aromatic heterocycles. The van der Waals surface area contributed by atoms with E-state index in [-0.39, 0.29) is 0 Å². The van der Waals surface area contributed by atoms with Gasteiger partial charge in [-0.2, -0.15) is 0 Å². The first-order valence-electron chi connectivity index (χ1n) is 5.95. The third-order valence-electron chi connectivity index (χ3n) is 2.72. The van der Waals surface area contributed by atoms with Crippen LogP contribution in [0.15, 0.2) is 42.5 Å². The highest BCUT2D eigenvalue weighted by Gasteiger charge is 1.96. The number of rotatable bonds is 5. The van der Waals surface area contributed by atoms with Crippen LogP contribution in [0.5, 0.6) is 0 Å². The molecular formula is C15H18O.